The maximum absolute atomic E-state index is 10.5. The van der Waals surface area contributed by atoms with Crippen LogP contribution in [0.2, 0.25) is 0 Å². The van der Waals surface area contributed by atoms with Crippen LogP contribution in [0.15, 0.2) is 40.2 Å². The number of halogens is 1. The number of carbonyl (C=O) groups is 1. The van der Waals surface area contributed by atoms with Crippen LogP contribution in [-0.4, -0.2) is 6.29 Å². The molecule has 3 heteroatoms. The quantitative estimate of drug-likeness (QED) is 0.752. The molecule has 1 aromatic carbocycles. The number of aldehydes is 1. The van der Waals surface area contributed by atoms with E-state index < -0.39 is 0 Å². The van der Waals surface area contributed by atoms with Crippen molar-refractivity contribution in [3.05, 3.63) is 45.7 Å². The van der Waals surface area contributed by atoms with E-state index in [-0.39, 0.29) is 0 Å². The molecule has 0 aliphatic rings. The molecule has 2 aromatic rings. The van der Waals surface area contributed by atoms with Gasteiger partial charge >= 0.3 is 0 Å². The first-order valence-corrected chi connectivity index (χ1v) is 5.71. The summed E-state index contributed by atoms with van der Waals surface area (Å²) in [5.74, 6) is 0. The highest BCUT2D eigenvalue weighted by Crippen LogP contribution is 2.31. The zero-order chi connectivity index (χ0) is 9.97. The van der Waals surface area contributed by atoms with Crippen molar-refractivity contribution in [1.29, 1.82) is 0 Å². The molecule has 1 aromatic heterocycles. The van der Waals surface area contributed by atoms with Gasteiger partial charge in [0.1, 0.15) is 6.29 Å². The molecular formula is C11H7BrOS. The van der Waals surface area contributed by atoms with Gasteiger partial charge in [-0.25, -0.2) is 0 Å². The summed E-state index contributed by atoms with van der Waals surface area (Å²) in [4.78, 5) is 11.7. The van der Waals surface area contributed by atoms with Gasteiger partial charge in [0.05, 0.1) is 3.79 Å². The molecule has 0 unspecified atom stereocenters. The number of rotatable bonds is 2. The highest BCUT2D eigenvalue weighted by Gasteiger charge is 2.00. The summed E-state index contributed by atoms with van der Waals surface area (Å²) in [7, 11) is 0. The van der Waals surface area contributed by atoms with Gasteiger partial charge in [-0.3, -0.25) is 4.79 Å². The third-order valence-corrected chi connectivity index (χ3v) is 3.58. The molecule has 0 bridgehead atoms. The smallest absolute Gasteiger partial charge is 0.150 e. The first-order chi connectivity index (χ1) is 6.79. The highest BCUT2D eigenvalue weighted by molar-refractivity contribution is 9.11. The van der Waals surface area contributed by atoms with Gasteiger partial charge in [-0.2, -0.15) is 0 Å². The molecule has 0 atom stereocenters. The molecule has 14 heavy (non-hydrogen) atoms. The molecule has 0 amide bonds. The molecule has 0 spiro atoms. The molecule has 0 N–H and O–H groups in total. The van der Waals surface area contributed by atoms with Crippen LogP contribution in [0.5, 0.6) is 0 Å². The predicted molar refractivity (Wildman–Crippen MR) is 62.8 cm³/mol. The lowest BCUT2D eigenvalue weighted by molar-refractivity contribution is 0.112. The van der Waals surface area contributed by atoms with E-state index in [1.54, 1.807) is 11.3 Å². The Labute approximate surface area is 94.5 Å². The Bertz CT molecular complexity index is 445. The Hall–Kier alpha value is -0.930. The molecular weight excluding hydrogens is 260 g/mol. The van der Waals surface area contributed by atoms with E-state index in [9.17, 15) is 4.79 Å². The Morgan fingerprint density at radius 2 is 1.79 bits per heavy atom. The SMILES string of the molecule is O=Cc1ccc(-c2ccc(Br)s2)cc1. The Morgan fingerprint density at radius 1 is 1.07 bits per heavy atom. The van der Waals surface area contributed by atoms with Crippen molar-refractivity contribution in [2.75, 3.05) is 0 Å². The number of carbonyl (C=O) groups excluding carboxylic acids is 1. The highest BCUT2D eigenvalue weighted by atomic mass is 79.9. The minimum atomic E-state index is 0.712. The fourth-order valence-corrected chi connectivity index (χ4v) is 2.59. The van der Waals surface area contributed by atoms with Crippen LogP contribution < -0.4 is 0 Å². The summed E-state index contributed by atoms with van der Waals surface area (Å²) >= 11 is 5.10. The second kappa shape index (κ2) is 4.07. The lowest BCUT2D eigenvalue weighted by Crippen LogP contribution is -1.78. The fraction of sp³-hybridized carbons (Fsp3) is 0. The number of benzene rings is 1. The third-order valence-electron chi connectivity index (χ3n) is 1.90. The molecule has 0 fully saturated rings. The number of thiophene rings is 1. The summed E-state index contributed by atoms with van der Waals surface area (Å²) in [5.41, 5.74) is 1.86. The van der Waals surface area contributed by atoms with Gasteiger partial charge < -0.3 is 0 Å². The normalized spacial score (nSPS) is 10.1. The summed E-state index contributed by atoms with van der Waals surface area (Å²) in [6.45, 7) is 0. The summed E-state index contributed by atoms with van der Waals surface area (Å²) in [6, 6.07) is 11.7. The maximum atomic E-state index is 10.5. The van der Waals surface area contributed by atoms with Crippen LogP contribution in [0.3, 0.4) is 0 Å². The largest absolute Gasteiger partial charge is 0.298 e. The van der Waals surface area contributed by atoms with Gasteiger partial charge in [0, 0.05) is 10.4 Å². The van der Waals surface area contributed by atoms with Crippen LogP contribution in [0.4, 0.5) is 0 Å². The average molecular weight is 267 g/mol. The zero-order valence-electron chi connectivity index (χ0n) is 7.24. The first-order valence-electron chi connectivity index (χ1n) is 4.10. The van der Waals surface area contributed by atoms with Crippen molar-refractivity contribution in [1.82, 2.24) is 0 Å². The summed E-state index contributed by atoms with van der Waals surface area (Å²) < 4.78 is 1.12. The van der Waals surface area contributed by atoms with Crippen molar-refractivity contribution in [3.63, 3.8) is 0 Å². The van der Waals surface area contributed by atoms with Crippen LogP contribution in [0.25, 0.3) is 10.4 Å². The zero-order valence-corrected chi connectivity index (χ0v) is 9.64. The monoisotopic (exact) mass is 266 g/mol. The average Bonchev–Trinajstić information content (AvgIpc) is 2.65. The van der Waals surface area contributed by atoms with Gasteiger partial charge in [0.25, 0.3) is 0 Å². The van der Waals surface area contributed by atoms with Crippen molar-refractivity contribution in [2.24, 2.45) is 0 Å². The number of hydrogen-bond acceptors (Lipinski definition) is 2. The van der Waals surface area contributed by atoms with Crippen LogP contribution in [0, 0.1) is 0 Å². The standard InChI is InChI=1S/C11H7BrOS/c12-11-6-5-10(14-11)9-3-1-8(7-13)2-4-9/h1-7H. The van der Waals surface area contributed by atoms with Crippen molar-refractivity contribution in [2.45, 2.75) is 0 Å². The minimum Gasteiger partial charge on any atom is -0.298 e. The maximum Gasteiger partial charge on any atom is 0.150 e. The van der Waals surface area contributed by atoms with E-state index in [2.05, 4.69) is 22.0 Å². The number of hydrogen-bond donors (Lipinski definition) is 0. The van der Waals surface area contributed by atoms with Crippen molar-refractivity contribution >= 4 is 33.6 Å². The summed E-state index contributed by atoms with van der Waals surface area (Å²) in [5, 5.41) is 0. The Morgan fingerprint density at radius 3 is 2.29 bits per heavy atom. The molecule has 0 radical (unpaired) electrons. The second-order valence-corrected chi connectivity index (χ2v) is 5.31. The molecule has 1 nitrogen and oxygen atoms in total. The van der Waals surface area contributed by atoms with Crippen LogP contribution in [0.1, 0.15) is 10.4 Å². The third kappa shape index (κ3) is 1.94. The lowest BCUT2D eigenvalue weighted by Gasteiger charge is -1.96. The van der Waals surface area contributed by atoms with Gasteiger partial charge in [0.15, 0.2) is 0 Å². The first kappa shape index (κ1) is 9.62. The fourth-order valence-electron chi connectivity index (χ4n) is 1.20. The molecule has 0 aliphatic heterocycles. The van der Waals surface area contributed by atoms with Crippen molar-refractivity contribution in [3.8, 4) is 10.4 Å². The van der Waals surface area contributed by atoms with E-state index in [4.69, 9.17) is 0 Å². The van der Waals surface area contributed by atoms with Crippen LogP contribution in [-0.2, 0) is 0 Å². The molecule has 1 heterocycles. The van der Waals surface area contributed by atoms with Crippen molar-refractivity contribution < 1.29 is 4.79 Å². The Balaban J connectivity index is 2.38. The van der Waals surface area contributed by atoms with Gasteiger partial charge in [0.2, 0.25) is 0 Å². The van der Waals surface area contributed by atoms with Crippen LogP contribution >= 0.6 is 27.3 Å². The predicted octanol–water partition coefficient (Wildman–Crippen LogP) is 3.99. The second-order valence-electron chi connectivity index (χ2n) is 2.84. The van der Waals surface area contributed by atoms with Gasteiger partial charge in [-0.1, -0.05) is 24.3 Å². The van der Waals surface area contributed by atoms with E-state index in [1.165, 1.54) is 4.88 Å². The van der Waals surface area contributed by atoms with E-state index >= 15 is 0 Å². The van der Waals surface area contributed by atoms with E-state index in [0.717, 1.165) is 15.6 Å². The van der Waals surface area contributed by atoms with E-state index in [0.29, 0.717) is 5.56 Å². The molecule has 70 valence electrons. The summed E-state index contributed by atoms with van der Waals surface area (Å²) in [6.07, 6.45) is 0.855. The van der Waals surface area contributed by atoms with E-state index in [1.807, 2.05) is 30.3 Å². The van der Waals surface area contributed by atoms with Gasteiger partial charge in [-0.15, -0.1) is 11.3 Å². The molecule has 0 saturated heterocycles. The topological polar surface area (TPSA) is 17.1 Å². The lowest BCUT2D eigenvalue weighted by atomic mass is 10.1. The van der Waals surface area contributed by atoms with Gasteiger partial charge in [-0.05, 0) is 33.6 Å². The molecule has 0 aliphatic carbocycles. The molecule has 0 saturated carbocycles. The Kier molecular flexibility index (Phi) is 2.79. The minimum absolute atomic E-state index is 0.712. The molecule has 2 rings (SSSR count).